The minimum Gasteiger partial charge on any atom is -0.478 e. The number of fused-ring (bicyclic) bond motifs is 1. The average Bonchev–Trinajstić information content (AvgIpc) is 2.99. The van der Waals surface area contributed by atoms with Crippen LogP contribution in [0.5, 0.6) is 5.75 Å². The van der Waals surface area contributed by atoms with Crippen LogP contribution >= 0.6 is 11.7 Å². The third-order valence-electron chi connectivity index (χ3n) is 2.87. The zero-order valence-electron chi connectivity index (χ0n) is 10.1. The number of aromatic nitrogens is 2. The smallest absolute Gasteiger partial charge is 0.346 e. The fourth-order valence-electron chi connectivity index (χ4n) is 1.95. The SMILES string of the molecule is O=C(O)C1CN(C(=O)c2cnsn2)c2ccccc2O1. The Hall–Kier alpha value is -2.48. The van der Waals surface area contributed by atoms with E-state index < -0.39 is 12.1 Å². The molecule has 1 aromatic heterocycles. The molecule has 0 saturated heterocycles. The van der Waals surface area contributed by atoms with Crippen molar-refractivity contribution in [3.05, 3.63) is 36.2 Å². The number of para-hydroxylation sites is 2. The minimum absolute atomic E-state index is 0.0668. The van der Waals surface area contributed by atoms with Crippen molar-refractivity contribution in [3.8, 4) is 5.75 Å². The Bertz CT molecular complexity index is 658. The van der Waals surface area contributed by atoms with Crippen LogP contribution in [0.2, 0.25) is 0 Å². The van der Waals surface area contributed by atoms with Crippen LogP contribution in [-0.4, -0.2) is 38.4 Å². The zero-order chi connectivity index (χ0) is 14.1. The highest BCUT2D eigenvalue weighted by Crippen LogP contribution is 2.33. The lowest BCUT2D eigenvalue weighted by molar-refractivity contribution is -0.144. The number of carboxylic acids is 1. The van der Waals surface area contributed by atoms with Gasteiger partial charge in [-0.1, -0.05) is 12.1 Å². The Balaban J connectivity index is 2.01. The molecule has 8 heteroatoms. The van der Waals surface area contributed by atoms with Crippen LogP contribution in [0.25, 0.3) is 0 Å². The molecule has 2 aromatic rings. The van der Waals surface area contributed by atoms with Crippen LogP contribution in [0.15, 0.2) is 30.5 Å². The Morgan fingerprint density at radius 1 is 1.40 bits per heavy atom. The summed E-state index contributed by atoms with van der Waals surface area (Å²) in [4.78, 5) is 24.9. The van der Waals surface area contributed by atoms with E-state index in [0.29, 0.717) is 11.4 Å². The normalized spacial score (nSPS) is 17.2. The molecule has 1 aliphatic heterocycles. The van der Waals surface area contributed by atoms with E-state index in [1.165, 1.54) is 11.1 Å². The summed E-state index contributed by atoms with van der Waals surface area (Å²) >= 11 is 0.925. The number of amides is 1. The molecule has 1 aliphatic rings. The molecule has 3 rings (SSSR count). The molecular weight excluding hydrogens is 282 g/mol. The summed E-state index contributed by atoms with van der Waals surface area (Å²) in [6.07, 6.45) is 0.265. The number of benzene rings is 1. The summed E-state index contributed by atoms with van der Waals surface area (Å²) in [6.45, 7) is -0.0668. The number of hydrogen-bond acceptors (Lipinski definition) is 6. The summed E-state index contributed by atoms with van der Waals surface area (Å²) in [7, 11) is 0. The first-order valence-corrected chi connectivity index (χ1v) is 6.48. The van der Waals surface area contributed by atoms with E-state index in [1.807, 2.05) is 0 Å². The average molecular weight is 291 g/mol. The molecular formula is C12H9N3O4S. The topological polar surface area (TPSA) is 92.6 Å². The number of aliphatic carboxylic acids is 1. The highest BCUT2D eigenvalue weighted by Gasteiger charge is 2.34. The Morgan fingerprint density at radius 3 is 2.90 bits per heavy atom. The molecule has 1 aromatic carbocycles. The van der Waals surface area contributed by atoms with Gasteiger partial charge in [-0.25, -0.2) is 4.79 Å². The van der Waals surface area contributed by atoms with Crippen LogP contribution in [-0.2, 0) is 4.79 Å². The van der Waals surface area contributed by atoms with Crippen molar-refractivity contribution < 1.29 is 19.4 Å². The zero-order valence-corrected chi connectivity index (χ0v) is 10.9. The summed E-state index contributed by atoms with van der Waals surface area (Å²) in [5.74, 6) is -1.14. The number of carbonyl (C=O) groups excluding carboxylic acids is 1. The second kappa shape index (κ2) is 4.89. The summed E-state index contributed by atoms with van der Waals surface area (Å²) < 4.78 is 13.0. The molecule has 2 heterocycles. The molecule has 1 unspecified atom stereocenters. The molecule has 0 spiro atoms. The van der Waals surface area contributed by atoms with Gasteiger partial charge in [0.1, 0.15) is 5.75 Å². The molecule has 1 amide bonds. The molecule has 0 radical (unpaired) electrons. The van der Waals surface area contributed by atoms with Crippen LogP contribution in [0.1, 0.15) is 10.5 Å². The van der Waals surface area contributed by atoms with Gasteiger partial charge in [-0.15, -0.1) is 0 Å². The quantitative estimate of drug-likeness (QED) is 0.888. The van der Waals surface area contributed by atoms with E-state index in [1.54, 1.807) is 24.3 Å². The number of carboxylic acid groups (broad SMARTS) is 1. The number of rotatable bonds is 2. The highest BCUT2D eigenvalue weighted by atomic mass is 32.1. The highest BCUT2D eigenvalue weighted by molar-refractivity contribution is 6.99. The molecule has 0 aliphatic carbocycles. The molecule has 1 atom stereocenters. The molecule has 1 N–H and O–H groups in total. The molecule has 102 valence electrons. The summed E-state index contributed by atoms with van der Waals surface area (Å²) in [6, 6.07) is 6.80. The van der Waals surface area contributed by atoms with Crippen molar-refractivity contribution in [2.45, 2.75) is 6.10 Å². The third-order valence-corrected chi connectivity index (χ3v) is 3.35. The van der Waals surface area contributed by atoms with E-state index in [9.17, 15) is 9.59 Å². The van der Waals surface area contributed by atoms with Gasteiger partial charge < -0.3 is 9.84 Å². The second-order valence-electron chi connectivity index (χ2n) is 4.12. The largest absolute Gasteiger partial charge is 0.478 e. The van der Waals surface area contributed by atoms with Gasteiger partial charge in [0.25, 0.3) is 5.91 Å². The van der Waals surface area contributed by atoms with E-state index in [-0.39, 0.29) is 18.1 Å². The molecule has 0 saturated carbocycles. The van der Waals surface area contributed by atoms with Crippen LogP contribution in [0, 0.1) is 0 Å². The lowest BCUT2D eigenvalue weighted by Crippen LogP contribution is -2.47. The van der Waals surface area contributed by atoms with E-state index in [0.717, 1.165) is 11.7 Å². The Labute approximate surface area is 117 Å². The fraction of sp³-hybridized carbons (Fsp3) is 0.167. The predicted octanol–water partition coefficient (Wildman–Crippen LogP) is 1.03. The standard InChI is InChI=1S/C12H9N3O4S/c16-11(7-5-13-20-14-7)15-6-10(12(17)18)19-9-4-2-1-3-8(9)15/h1-5,10H,6H2,(H,17,18). The Morgan fingerprint density at radius 2 is 2.20 bits per heavy atom. The fourth-order valence-corrected chi connectivity index (χ4v) is 2.36. The van der Waals surface area contributed by atoms with Crippen molar-refractivity contribution in [2.75, 3.05) is 11.4 Å². The molecule has 20 heavy (non-hydrogen) atoms. The summed E-state index contributed by atoms with van der Waals surface area (Å²) in [5.41, 5.74) is 0.721. The van der Waals surface area contributed by atoms with Crippen molar-refractivity contribution in [2.24, 2.45) is 0 Å². The number of hydrogen-bond donors (Lipinski definition) is 1. The summed E-state index contributed by atoms with van der Waals surface area (Å²) in [5, 5.41) is 9.11. The monoisotopic (exact) mass is 291 g/mol. The van der Waals surface area contributed by atoms with Gasteiger partial charge in [-0.3, -0.25) is 9.69 Å². The number of anilines is 1. The molecule has 7 nitrogen and oxygen atoms in total. The Kier molecular flexibility index (Phi) is 3.07. The van der Waals surface area contributed by atoms with Gasteiger partial charge in [-0.05, 0) is 12.1 Å². The first-order chi connectivity index (χ1) is 9.66. The third kappa shape index (κ3) is 2.10. The van der Waals surface area contributed by atoms with E-state index in [4.69, 9.17) is 9.84 Å². The maximum atomic E-state index is 12.4. The van der Waals surface area contributed by atoms with Gasteiger partial charge in [0, 0.05) is 0 Å². The van der Waals surface area contributed by atoms with Gasteiger partial charge in [0.2, 0.25) is 6.10 Å². The first kappa shape index (κ1) is 12.5. The van der Waals surface area contributed by atoms with Gasteiger partial charge >= 0.3 is 5.97 Å². The number of ether oxygens (including phenoxy) is 1. The number of carbonyl (C=O) groups is 2. The van der Waals surface area contributed by atoms with E-state index >= 15 is 0 Å². The second-order valence-corrected chi connectivity index (χ2v) is 4.68. The van der Waals surface area contributed by atoms with Crippen molar-refractivity contribution in [1.82, 2.24) is 8.75 Å². The molecule has 0 bridgehead atoms. The van der Waals surface area contributed by atoms with Crippen molar-refractivity contribution in [1.29, 1.82) is 0 Å². The lowest BCUT2D eigenvalue weighted by Gasteiger charge is -2.32. The number of nitrogens with zero attached hydrogens (tertiary/aromatic N) is 3. The minimum atomic E-state index is -1.12. The maximum Gasteiger partial charge on any atom is 0.346 e. The van der Waals surface area contributed by atoms with Crippen LogP contribution in [0.4, 0.5) is 5.69 Å². The van der Waals surface area contributed by atoms with Crippen LogP contribution in [0.3, 0.4) is 0 Å². The van der Waals surface area contributed by atoms with Gasteiger partial charge in [0.15, 0.2) is 5.69 Å². The van der Waals surface area contributed by atoms with E-state index in [2.05, 4.69) is 8.75 Å². The van der Waals surface area contributed by atoms with Crippen molar-refractivity contribution >= 4 is 29.3 Å². The van der Waals surface area contributed by atoms with Gasteiger partial charge in [0.05, 0.1) is 30.2 Å². The van der Waals surface area contributed by atoms with Crippen LogP contribution < -0.4 is 9.64 Å². The maximum absolute atomic E-state index is 12.4. The van der Waals surface area contributed by atoms with Gasteiger partial charge in [-0.2, -0.15) is 8.75 Å². The first-order valence-electron chi connectivity index (χ1n) is 5.75. The molecule has 0 fully saturated rings. The predicted molar refractivity (Wildman–Crippen MR) is 70.1 cm³/mol. The lowest BCUT2D eigenvalue weighted by atomic mass is 10.1. The van der Waals surface area contributed by atoms with Crippen molar-refractivity contribution in [3.63, 3.8) is 0 Å².